The van der Waals surface area contributed by atoms with E-state index >= 15 is 9.59 Å². The molecule has 1 saturated heterocycles. The molecule has 0 aromatic heterocycles. The number of Topliss-reactive ketones (excluding diaryl/α,β-unsaturated/α-hetero) is 1. The minimum Gasteiger partial charge on any atom is -0.455 e. The van der Waals surface area contributed by atoms with Gasteiger partial charge in [-0.2, -0.15) is 0 Å². The first kappa shape index (κ1) is 58.8. The Hall–Kier alpha value is -2.08. The fourth-order valence-electron chi connectivity index (χ4n) is 13.6. The molecule has 2 saturated carbocycles. The van der Waals surface area contributed by atoms with Gasteiger partial charge in [0.15, 0.2) is 20.4 Å². The Morgan fingerprint density at radius 3 is 1.64 bits per heavy atom. The fourth-order valence-corrected chi connectivity index (χ4v) is 25.8. The molecule has 3 aliphatic carbocycles. The molecule has 1 heterocycles. The van der Waals surface area contributed by atoms with Gasteiger partial charge < -0.3 is 49.9 Å². The first-order valence-electron chi connectivity index (χ1n) is 25.7. The highest BCUT2D eigenvalue weighted by atomic mass is 28.4. The van der Waals surface area contributed by atoms with E-state index in [9.17, 15) is 4.79 Å². The smallest absolute Gasteiger partial charge is 0.455 e. The summed E-state index contributed by atoms with van der Waals surface area (Å²) in [5.41, 5.74) is -4.40. The third-order valence-corrected chi connectivity index (χ3v) is 31.5. The molecule has 3 fully saturated rings. The lowest BCUT2D eigenvalue weighted by atomic mass is 9.44. The van der Waals surface area contributed by atoms with Gasteiger partial charge in [0, 0.05) is 39.6 Å². The van der Waals surface area contributed by atoms with Gasteiger partial charge in [-0.25, -0.2) is 9.59 Å². The SMILES string of the molecule is COC(=O)O[C@@]12COC1C[C@H](O[Si](OC)(C(C)C)C(C)C)[C@@]1(C)C(=O)[C@@H](O[Si](OC)(C(C)C)C(C)C)C3=C(C)[C@@H](O[Si](OC)(C(C)C)C(C)C)C[C@@](O[SiH](C)C)([C@@H](OC(=O)c4ccccc4)C21)C3(C)C. The Labute approximate surface area is 425 Å². The molecule has 9 atom stereocenters. The molecular formula is C52H90O14Si4. The van der Waals surface area contributed by atoms with E-state index in [0.29, 0.717) is 11.1 Å². The van der Waals surface area contributed by atoms with Gasteiger partial charge in [0.05, 0.1) is 42.8 Å². The minimum atomic E-state index is -3.38. The maximum Gasteiger partial charge on any atom is 0.508 e. The highest BCUT2D eigenvalue weighted by Gasteiger charge is 2.80. The van der Waals surface area contributed by atoms with Crippen molar-refractivity contribution in [1.29, 1.82) is 0 Å². The van der Waals surface area contributed by atoms with Crippen LogP contribution in [0.2, 0.25) is 46.3 Å². The van der Waals surface area contributed by atoms with Crippen LogP contribution in [0.15, 0.2) is 41.5 Å². The average molecular weight is 1050 g/mol. The Morgan fingerprint density at radius 1 is 0.729 bits per heavy atom. The fraction of sp³-hybridized carbons (Fsp3) is 0.788. The van der Waals surface area contributed by atoms with E-state index in [2.05, 4.69) is 117 Å². The second-order valence-corrected chi connectivity index (χ2v) is 38.8. The number of fused-ring (bicyclic) bond motifs is 5. The maximum absolute atomic E-state index is 17.5. The van der Waals surface area contributed by atoms with Crippen LogP contribution in [0.3, 0.4) is 0 Å². The number of methoxy groups -OCH3 is 1. The standard InChI is InChI=1S/C52H90O14Si4/c1-31(2)68(57-18,32(3)4)63-39-29-52(66-67(21)22)46(61-47(54)38-26-24-23-25-27-38)44-50(16,45(53)43(42(37(39)13)49(52,14)15)65-70(59-20,35(9)10)36(11)12)40(64-69(58-19,33(5)6)34(7)8)28-41-51(44,30-60-41)62-48(55)56-17/h23-27,31-36,39-41,43-44,46,67H,28-30H2,1-22H3/t39-,40-,41?,43-,44?,46-,50+,51-,52+/m0/s1. The summed E-state index contributed by atoms with van der Waals surface area (Å²) in [5, 5.41) is 0. The molecule has 0 spiro atoms. The number of esters is 1. The third-order valence-electron chi connectivity index (χ3n) is 17.1. The summed E-state index contributed by atoms with van der Waals surface area (Å²) in [4.78, 5) is 46.7. The van der Waals surface area contributed by atoms with Crippen LogP contribution in [0.25, 0.3) is 0 Å². The largest absolute Gasteiger partial charge is 0.508 e. The number of carbonyl (C=O) groups is 3. The third kappa shape index (κ3) is 9.40. The van der Waals surface area contributed by atoms with Crippen molar-refractivity contribution < 1.29 is 64.3 Å². The van der Waals surface area contributed by atoms with Crippen LogP contribution in [-0.4, -0.2) is 129 Å². The lowest BCUT2D eigenvalue weighted by Crippen LogP contribution is -2.83. The Kier molecular flexibility index (Phi) is 18.2. The molecule has 5 rings (SSSR count). The highest BCUT2D eigenvalue weighted by Crippen LogP contribution is 2.67. The van der Waals surface area contributed by atoms with E-state index in [1.807, 2.05) is 13.0 Å². The zero-order valence-corrected chi connectivity index (χ0v) is 50.9. The van der Waals surface area contributed by atoms with Crippen LogP contribution in [0.4, 0.5) is 4.79 Å². The predicted molar refractivity (Wildman–Crippen MR) is 280 cm³/mol. The molecule has 1 aliphatic heterocycles. The molecule has 4 aliphatic rings. The number of hydrogen-bond donors (Lipinski definition) is 0. The van der Waals surface area contributed by atoms with Gasteiger partial charge in [0.25, 0.3) is 0 Å². The molecule has 0 radical (unpaired) electrons. The summed E-state index contributed by atoms with van der Waals surface area (Å²) in [6.07, 6.45) is -5.66. The van der Waals surface area contributed by atoms with Crippen molar-refractivity contribution >= 4 is 52.6 Å². The summed E-state index contributed by atoms with van der Waals surface area (Å²) < 4.78 is 76.6. The molecule has 2 unspecified atom stereocenters. The molecule has 1 aromatic rings. The number of carbonyl (C=O) groups excluding carboxylic acids is 3. The quantitative estimate of drug-likeness (QED) is 0.0691. The molecule has 18 heteroatoms. The summed E-state index contributed by atoms with van der Waals surface area (Å²) in [6, 6.07) is 8.83. The maximum atomic E-state index is 17.5. The van der Waals surface area contributed by atoms with Crippen LogP contribution in [0, 0.1) is 16.7 Å². The first-order valence-corrected chi connectivity index (χ1v) is 34.4. The second kappa shape index (κ2) is 21.6. The van der Waals surface area contributed by atoms with Crippen LogP contribution in [-0.2, 0) is 54.7 Å². The average Bonchev–Trinajstić information content (AvgIpc) is 3.28. The topological polar surface area (TPSA) is 153 Å². The lowest BCUT2D eigenvalue weighted by molar-refractivity contribution is -0.341. The van der Waals surface area contributed by atoms with Crippen molar-refractivity contribution in [2.24, 2.45) is 16.7 Å². The van der Waals surface area contributed by atoms with Crippen molar-refractivity contribution in [3.8, 4) is 0 Å². The molecule has 70 heavy (non-hydrogen) atoms. The molecule has 14 nitrogen and oxygen atoms in total. The van der Waals surface area contributed by atoms with Gasteiger partial charge in [-0.05, 0) is 83.5 Å². The van der Waals surface area contributed by atoms with Crippen LogP contribution in [0.5, 0.6) is 0 Å². The van der Waals surface area contributed by atoms with Gasteiger partial charge in [0.2, 0.25) is 0 Å². The van der Waals surface area contributed by atoms with Crippen molar-refractivity contribution in [3.63, 3.8) is 0 Å². The molecule has 1 aromatic carbocycles. The van der Waals surface area contributed by atoms with E-state index in [1.165, 1.54) is 7.11 Å². The summed E-state index contributed by atoms with van der Waals surface area (Å²) in [6.45, 7) is 37.5. The summed E-state index contributed by atoms with van der Waals surface area (Å²) in [7, 11) is -5.61. The summed E-state index contributed by atoms with van der Waals surface area (Å²) >= 11 is 0. The van der Waals surface area contributed by atoms with Gasteiger partial charge in [-0.1, -0.05) is 115 Å². The normalized spacial score (nSPS) is 30.4. The highest BCUT2D eigenvalue weighted by molar-refractivity contribution is 6.71. The number of ether oxygens (including phenoxy) is 4. The second-order valence-electron chi connectivity index (χ2n) is 23.3. The molecule has 398 valence electrons. The number of rotatable bonds is 20. The van der Waals surface area contributed by atoms with Gasteiger partial charge in [-0.3, -0.25) is 4.79 Å². The minimum absolute atomic E-state index is 0.0125. The summed E-state index contributed by atoms with van der Waals surface area (Å²) in [5.74, 6) is -2.13. The van der Waals surface area contributed by atoms with Gasteiger partial charge >= 0.3 is 37.8 Å². The van der Waals surface area contributed by atoms with E-state index in [-0.39, 0.29) is 58.5 Å². The van der Waals surface area contributed by atoms with Crippen LogP contribution in [0.1, 0.15) is 134 Å². The molecule has 0 N–H and O–H groups in total. The zero-order valence-electron chi connectivity index (χ0n) is 46.7. The van der Waals surface area contributed by atoms with E-state index < -0.39 is 105 Å². The van der Waals surface area contributed by atoms with Gasteiger partial charge in [-0.15, -0.1) is 0 Å². The van der Waals surface area contributed by atoms with E-state index in [0.717, 1.165) is 5.57 Å². The Balaban J connectivity index is 2.10. The lowest BCUT2D eigenvalue weighted by Gasteiger charge is -2.69. The van der Waals surface area contributed by atoms with E-state index in [1.54, 1.807) is 45.6 Å². The van der Waals surface area contributed by atoms with Gasteiger partial charge in [0.1, 0.15) is 23.9 Å². The van der Waals surface area contributed by atoms with Crippen LogP contribution >= 0.6 is 0 Å². The molecule has 0 amide bonds. The molecular weight excluding hydrogens is 961 g/mol. The van der Waals surface area contributed by atoms with Crippen molar-refractivity contribution in [3.05, 3.63) is 47.0 Å². The van der Waals surface area contributed by atoms with Crippen molar-refractivity contribution in [2.75, 3.05) is 35.0 Å². The monoisotopic (exact) mass is 1050 g/mol. The number of benzene rings is 1. The van der Waals surface area contributed by atoms with Crippen molar-refractivity contribution in [1.82, 2.24) is 0 Å². The Morgan fingerprint density at radius 2 is 1.21 bits per heavy atom. The number of ketones is 1. The number of hydrogen-bond acceptors (Lipinski definition) is 14. The molecule has 2 bridgehead atoms. The first-order chi connectivity index (χ1) is 32.5. The zero-order chi connectivity index (χ0) is 52.9. The Bertz CT molecular complexity index is 2020. The van der Waals surface area contributed by atoms with Crippen LogP contribution < -0.4 is 0 Å². The predicted octanol–water partition coefficient (Wildman–Crippen LogP) is 11.1. The van der Waals surface area contributed by atoms with Crippen molar-refractivity contribution in [2.45, 2.75) is 212 Å². The van der Waals surface area contributed by atoms with E-state index in [4.69, 9.17) is 49.9 Å².